The second-order valence-electron chi connectivity index (χ2n) is 5.43. The Morgan fingerprint density at radius 2 is 2.15 bits per heavy atom. The molecule has 0 aromatic carbocycles. The Balaban J connectivity index is 1.94. The molecule has 8 nitrogen and oxygen atoms in total. The number of fused-ring (bicyclic) bond motifs is 1. The number of rotatable bonds is 5. The number of H-pyrrole nitrogens is 1. The lowest BCUT2D eigenvalue weighted by Crippen LogP contribution is -2.17. The van der Waals surface area contributed by atoms with Gasteiger partial charge in [0.1, 0.15) is 9.71 Å². The van der Waals surface area contributed by atoms with E-state index in [2.05, 4.69) is 9.97 Å². The Hall–Kier alpha value is -2.94. The van der Waals surface area contributed by atoms with Gasteiger partial charge in [-0.2, -0.15) is 0 Å². The molecule has 3 aromatic rings. The van der Waals surface area contributed by atoms with E-state index < -0.39 is 23.6 Å². The van der Waals surface area contributed by atoms with E-state index in [0.717, 1.165) is 11.3 Å². The molecule has 0 fully saturated rings. The van der Waals surface area contributed by atoms with Gasteiger partial charge in [0, 0.05) is 0 Å². The Morgan fingerprint density at radius 3 is 2.81 bits per heavy atom. The standard InChI is InChI=1S/C17H16N2O6S/c1-4-23-17(22)12-8(2)11-14(20)18-13(19-15(11)26-12)9(3)25-16(21)10-6-5-7-24-10/h5-7,9H,4H2,1-3H3,(H,18,19,20)/t9-/m1/s1. The van der Waals surface area contributed by atoms with Crippen molar-refractivity contribution < 1.29 is 23.5 Å². The minimum absolute atomic E-state index is 0.0526. The predicted octanol–water partition coefficient (Wildman–Crippen LogP) is 2.98. The van der Waals surface area contributed by atoms with Crippen LogP contribution in [-0.2, 0) is 9.47 Å². The van der Waals surface area contributed by atoms with Crippen molar-refractivity contribution in [2.75, 3.05) is 6.61 Å². The average Bonchev–Trinajstić information content (AvgIpc) is 3.23. The number of hydrogen-bond donors (Lipinski definition) is 1. The van der Waals surface area contributed by atoms with E-state index in [9.17, 15) is 14.4 Å². The molecule has 1 atom stereocenters. The molecule has 0 aliphatic carbocycles. The highest BCUT2D eigenvalue weighted by atomic mass is 32.1. The van der Waals surface area contributed by atoms with Crippen LogP contribution in [0.25, 0.3) is 10.2 Å². The van der Waals surface area contributed by atoms with Gasteiger partial charge in [0.05, 0.1) is 18.3 Å². The molecule has 0 amide bonds. The molecule has 3 aromatic heterocycles. The van der Waals surface area contributed by atoms with E-state index in [4.69, 9.17) is 13.9 Å². The van der Waals surface area contributed by atoms with Crippen LogP contribution in [0.4, 0.5) is 0 Å². The number of ether oxygens (including phenoxy) is 2. The summed E-state index contributed by atoms with van der Waals surface area (Å²) in [4.78, 5) is 44.1. The van der Waals surface area contributed by atoms with Crippen molar-refractivity contribution in [2.45, 2.75) is 26.9 Å². The van der Waals surface area contributed by atoms with E-state index in [0.29, 0.717) is 20.7 Å². The van der Waals surface area contributed by atoms with Crippen molar-refractivity contribution in [3.8, 4) is 0 Å². The Morgan fingerprint density at radius 1 is 1.38 bits per heavy atom. The third kappa shape index (κ3) is 3.25. The van der Waals surface area contributed by atoms with Crippen LogP contribution in [0.3, 0.4) is 0 Å². The maximum atomic E-state index is 12.4. The summed E-state index contributed by atoms with van der Waals surface area (Å²) in [5, 5.41) is 0.325. The van der Waals surface area contributed by atoms with Crippen molar-refractivity contribution in [1.29, 1.82) is 0 Å². The number of aromatic nitrogens is 2. The van der Waals surface area contributed by atoms with Crippen molar-refractivity contribution >= 4 is 33.5 Å². The first kappa shape index (κ1) is 17.9. The Labute approximate surface area is 151 Å². The fourth-order valence-corrected chi connectivity index (χ4v) is 3.50. The quantitative estimate of drug-likeness (QED) is 0.681. The monoisotopic (exact) mass is 376 g/mol. The minimum atomic E-state index is -0.807. The summed E-state index contributed by atoms with van der Waals surface area (Å²) in [7, 11) is 0. The van der Waals surface area contributed by atoms with Gasteiger partial charge in [-0.15, -0.1) is 11.3 Å². The molecule has 0 saturated heterocycles. The lowest BCUT2D eigenvalue weighted by atomic mass is 10.2. The summed E-state index contributed by atoms with van der Waals surface area (Å²) in [6, 6.07) is 3.04. The number of nitrogens with one attached hydrogen (secondary N) is 1. The van der Waals surface area contributed by atoms with Crippen LogP contribution in [0.1, 0.15) is 51.6 Å². The molecule has 0 spiro atoms. The van der Waals surface area contributed by atoms with Crippen molar-refractivity contribution in [3.63, 3.8) is 0 Å². The predicted molar refractivity (Wildman–Crippen MR) is 93.5 cm³/mol. The number of esters is 2. The first-order valence-electron chi connectivity index (χ1n) is 7.87. The largest absolute Gasteiger partial charge is 0.462 e. The van der Waals surface area contributed by atoms with Gasteiger partial charge in [-0.05, 0) is 38.5 Å². The molecule has 0 saturated carbocycles. The third-order valence-electron chi connectivity index (χ3n) is 3.67. The molecule has 0 radical (unpaired) electrons. The Kier molecular flexibility index (Phi) is 4.90. The zero-order chi connectivity index (χ0) is 18.8. The van der Waals surface area contributed by atoms with Crippen LogP contribution in [0.5, 0.6) is 0 Å². The SMILES string of the molecule is CCOC(=O)c1sc2nc([C@@H](C)OC(=O)c3ccco3)[nH]c(=O)c2c1C. The van der Waals surface area contributed by atoms with Gasteiger partial charge in [0.2, 0.25) is 5.76 Å². The molecule has 0 aliphatic rings. The van der Waals surface area contributed by atoms with Gasteiger partial charge in [-0.3, -0.25) is 4.79 Å². The van der Waals surface area contributed by atoms with Gasteiger partial charge in [0.25, 0.3) is 5.56 Å². The molecule has 3 rings (SSSR count). The van der Waals surface area contributed by atoms with E-state index >= 15 is 0 Å². The van der Waals surface area contributed by atoms with Crippen molar-refractivity contribution in [1.82, 2.24) is 9.97 Å². The number of carbonyl (C=O) groups is 2. The summed E-state index contributed by atoms with van der Waals surface area (Å²) in [5.74, 6) is -0.929. The number of thiophene rings is 1. The fraction of sp³-hybridized carbons (Fsp3) is 0.294. The van der Waals surface area contributed by atoms with Crippen LogP contribution in [0.15, 0.2) is 27.6 Å². The number of aromatic amines is 1. The van der Waals surface area contributed by atoms with Gasteiger partial charge >= 0.3 is 11.9 Å². The smallest absolute Gasteiger partial charge is 0.374 e. The zero-order valence-corrected chi connectivity index (χ0v) is 15.1. The number of carbonyl (C=O) groups excluding carboxylic acids is 2. The fourth-order valence-electron chi connectivity index (χ4n) is 2.41. The molecule has 26 heavy (non-hydrogen) atoms. The second kappa shape index (κ2) is 7.12. The number of hydrogen-bond acceptors (Lipinski definition) is 8. The second-order valence-corrected chi connectivity index (χ2v) is 6.43. The highest BCUT2D eigenvalue weighted by Crippen LogP contribution is 2.28. The molecule has 3 heterocycles. The minimum Gasteiger partial charge on any atom is -0.462 e. The van der Waals surface area contributed by atoms with Gasteiger partial charge in [0.15, 0.2) is 11.9 Å². The van der Waals surface area contributed by atoms with Crippen molar-refractivity contribution in [2.24, 2.45) is 0 Å². The normalized spacial score (nSPS) is 12.1. The molecule has 136 valence electrons. The lowest BCUT2D eigenvalue weighted by molar-refractivity contribution is 0.0283. The molecular formula is C17H16N2O6S. The third-order valence-corrected chi connectivity index (χ3v) is 4.84. The number of nitrogens with zero attached hydrogens (tertiary/aromatic N) is 1. The maximum absolute atomic E-state index is 12.4. The topological polar surface area (TPSA) is 111 Å². The van der Waals surface area contributed by atoms with E-state index in [1.54, 1.807) is 26.8 Å². The molecule has 1 N–H and O–H groups in total. The van der Waals surface area contributed by atoms with E-state index in [1.165, 1.54) is 12.3 Å². The van der Waals surface area contributed by atoms with Gasteiger partial charge in [-0.25, -0.2) is 14.6 Å². The summed E-state index contributed by atoms with van der Waals surface area (Å²) >= 11 is 1.07. The molecule has 0 aliphatic heterocycles. The molecule has 0 bridgehead atoms. The first-order chi connectivity index (χ1) is 12.4. The van der Waals surface area contributed by atoms with Gasteiger partial charge in [-0.1, -0.05) is 0 Å². The summed E-state index contributed by atoms with van der Waals surface area (Å²) in [6.45, 7) is 5.19. The molecular weight excluding hydrogens is 360 g/mol. The zero-order valence-electron chi connectivity index (χ0n) is 14.3. The van der Waals surface area contributed by atoms with Gasteiger partial charge < -0.3 is 18.9 Å². The van der Waals surface area contributed by atoms with E-state index in [-0.39, 0.29) is 18.2 Å². The van der Waals surface area contributed by atoms with Crippen LogP contribution in [-0.4, -0.2) is 28.5 Å². The average molecular weight is 376 g/mol. The van der Waals surface area contributed by atoms with Crippen LogP contribution < -0.4 is 5.56 Å². The van der Waals surface area contributed by atoms with Crippen molar-refractivity contribution in [3.05, 3.63) is 50.8 Å². The lowest BCUT2D eigenvalue weighted by Gasteiger charge is -2.11. The highest BCUT2D eigenvalue weighted by molar-refractivity contribution is 7.20. The Bertz CT molecular complexity index is 1020. The summed E-state index contributed by atoms with van der Waals surface area (Å²) in [6.07, 6.45) is 0.553. The van der Waals surface area contributed by atoms with Crippen LogP contribution in [0, 0.1) is 6.92 Å². The summed E-state index contributed by atoms with van der Waals surface area (Å²) in [5.41, 5.74) is 0.110. The highest BCUT2D eigenvalue weighted by Gasteiger charge is 2.23. The van der Waals surface area contributed by atoms with Crippen LogP contribution in [0.2, 0.25) is 0 Å². The van der Waals surface area contributed by atoms with E-state index in [1.807, 2.05) is 0 Å². The number of furan rings is 1. The molecule has 9 heteroatoms. The van der Waals surface area contributed by atoms with Crippen LogP contribution >= 0.6 is 11.3 Å². The summed E-state index contributed by atoms with van der Waals surface area (Å²) < 4.78 is 15.2. The number of aryl methyl sites for hydroxylation is 1. The first-order valence-corrected chi connectivity index (χ1v) is 8.69. The molecule has 0 unspecified atom stereocenters. The maximum Gasteiger partial charge on any atom is 0.374 e.